The Balaban J connectivity index is 1.58. The zero-order valence-electron chi connectivity index (χ0n) is 13.1. The van der Waals surface area contributed by atoms with Crippen molar-refractivity contribution in [2.75, 3.05) is 19.7 Å². The van der Waals surface area contributed by atoms with Crippen molar-refractivity contribution in [2.24, 2.45) is 7.05 Å². The second-order valence-corrected chi connectivity index (χ2v) is 5.70. The smallest absolute Gasteiger partial charge is 0.223 e. The third kappa shape index (κ3) is 3.76. The fraction of sp³-hybridized carbons (Fsp3) is 0.412. The number of hydrogen-bond donors (Lipinski definition) is 0. The molecule has 1 aromatic carbocycles. The Labute approximate surface area is 134 Å². The van der Waals surface area contributed by atoms with Crippen molar-refractivity contribution in [3.05, 3.63) is 53.6 Å². The fourth-order valence-corrected chi connectivity index (χ4v) is 2.79. The molecule has 1 saturated heterocycles. The Bertz CT molecular complexity index is 669. The standard InChI is InChI=1S/C17H20FN3O2/c1-20-15(8-9-19-20)6-7-17(22)21-10-11-23-16(12-21)13-2-4-14(18)5-3-13/h2-5,8-9,16H,6-7,10-12H2,1H3. The number of rotatable bonds is 4. The number of aromatic nitrogens is 2. The van der Waals surface area contributed by atoms with Crippen LogP contribution in [-0.4, -0.2) is 40.3 Å². The molecule has 0 N–H and O–H groups in total. The van der Waals surface area contributed by atoms with Gasteiger partial charge in [0.25, 0.3) is 0 Å². The summed E-state index contributed by atoms with van der Waals surface area (Å²) in [5.41, 5.74) is 1.94. The quantitative estimate of drug-likeness (QED) is 0.867. The van der Waals surface area contributed by atoms with Crippen LogP contribution in [0.5, 0.6) is 0 Å². The van der Waals surface area contributed by atoms with Gasteiger partial charge in [-0.2, -0.15) is 5.10 Å². The molecule has 122 valence electrons. The first-order chi connectivity index (χ1) is 11.1. The normalized spacial score (nSPS) is 18.2. The molecule has 1 unspecified atom stereocenters. The van der Waals surface area contributed by atoms with E-state index in [-0.39, 0.29) is 17.8 Å². The molecule has 0 aliphatic carbocycles. The van der Waals surface area contributed by atoms with Crippen LogP contribution in [0.3, 0.4) is 0 Å². The Morgan fingerprint density at radius 3 is 2.83 bits per heavy atom. The Kier molecular flexibility index (Phi) is 4.71. The highest BCUT2D eigenvalue weighted by Gasteiger charge is 2.25. The van der Waals surface area contributed by atoms with Crippen LogP contribution in [0.25, 0.3) is 0 Å². The van der Waals surface area contributed by atoms with Crippen molar-refractivity contribution in [3.8, 4) is 0 Å². The van der Waals surface area contributed by atoms with Gasteiger partial charge in [0.05, 0.1) is 13.2 Å². The molecule has 6 heteroatoms. The van der Waals surface area contributed by atoms with Crippen LogP contribution in [0.4, 0.5) is 4.39 Å². The minimum atomic E-state index is -0.270. The summed E-state index contributed by atoms with van der Waals surface area (Å²) in [6.45, 7) is 1.61. The topological polar surface area (TPSA) is 47.4 Å². The Hall–Kier alpha value is -2.21. The molecule has 1 atom stereocenters. The van der Waals surface area contributed by atoms with Crippen molar-refractivity contribution >= 4 is 5.91 Å². The van der Waals surface area contributed by atoms with Crippen molar-refractivity contribution in [3.63, 3.8) is 0 Å². The van der Waals surface area contributed by atoms with Crippen molar-refractivity contribution < 1.29 is 13.9 Å². The molecule has 1 aromatic heterocycles. The van der Waals surface area contributed by atoms with E-state index in [2.05, 4.69) is 5.10 Å². The third-order valence-corrected chi connectivity index (χ3v) is 4.18. The highest BCUT2D eigenvalue weighted by molar-refractivity contribution is 5.76. The van der Waals surface area contributed by atoms with E-state index < -0.39 is 0 Å². The largest absolute Gasteiger partial charge is 0.370 e. The van der Waals surface area contributed by atoms with E-state index in [9.17, 15) is 9.18 Å². The molecule has 3 rings (SSSR count). The van der Waals surface area contributed by atoms with E-state index in [1.54, 1.807) is 23.0 Å². The lowest BCUT2D eigenvalue weighted by Gasteiger charge is -2.33. The second-order valence-electron chi connectivity index (χ2n) is 5.70. The van der Waals surface area contributed by atoms with Gasteiger partial charge in [-0.3, -0.25) is 9.48 Å². The number of halogens is 1. The molecular formula is C17H20FN3O2. The molecule has 0 radical (unpaired) electrons. The van der Waals surface area contributed by atoms with Crippen molar-refractivity contribution in [1.29, 1.82) is 0 Å². The number of hydrogen-bond acceptors (Lipinski definition) is 3. The fourth-order valence-electron chi connectivity index (χ4n) is 2.79. The lowest BCUT2D eigenvalue weighted by atomic mass is 10.1. The lowest BCUT2D eigenvalue weighted by Crippen LogP contribution is -2.42. The number of benzene rings is 1. The summed E-state index contributed by atoms with van der Waals surface area (Å²) in [7, 11) is 1.87. The van der Waals surface area contributed by atoms with Crippen LogP contribution in [0, 0.1) is 5.82 Å². The van der Waals surface area contributed by atoms with Crippen molar-refractivity contribution in [2.45, 2.75) is 18.9 Å². The average molecular weight is 317 g/mol. The first kappa shape index (κ1) is 15.7. The van der Waals surface area contributed by atoms with E-state index in [1.165, 1.54) is 12.1 Å². The molecule has 2 aromatic rings. The van der Waals surface area contributed by atoms with Crippen LogP contribution in [0.15, 0.2) is 36.5 Å². The third-order valence-electron chi connectivity index (χ3n) is 4.18. The van der Waals surface area contributed by atoms with Gasteiger partial charge in [0.2, 0.25) is 5.91 Å². The lowest BCUT2D eigenvalue weighted by molar-refractivity contribution is -0.139. The number of amides is 1. The van der Waals surface area contributed by atoms with Crippen LogP contribution < -0.4 is 0 Å². The first-order valence-electron chi connectivity index (χ1n) is 7.75. The SMILES string of the molecule is Cn1nccc1CCC(=O)N1CCOC(c2ccc(F)cc2)C1. The van der Waals surface area contributed by atoms with Crippen LogP contribution in [0.2, 0.25) is 0 Å². The zero-order chi connectivity index (χ0) is 16.2. The molecule has 1 aliphatic rings. The summed E-state index contributed by atoms with van der Waals surface area (Å²) in [6, 6.07) is 8.19. The predicted molar refractivity (Wildman–Crippen MR) is 83.2 cm³/mol. The van der Waals surface area contributed by atoms with Gasteiger partial charge in [-0.25, -0.2) is 4.39 Å². The van der Waals surface area contributed by atoms with Gasteiger partial charge in [0.1, 0.15) is 11.9 Å². The summed E-state index contributed by atoms with van der Waals surface area (Å²) in [5.74, 6) is -0.157. The number of nitrogens with zero attached hydrogens (tertiary/aromatic N) is 3. The van der Waals surface area contributed by atoms with Gasteiger partial charge in [0.15, 0.2) is 0 Å². The van der Waals surface area contributed by atoms with Gasteiger partial charge in [-0.1, -0.05) is 12.1 Å². The summed E-state index contributed by atoms with van der Waals surface area (Å²) in [5, 5.41) is 4.11. The maximum absolute atomic E-state index is 13.0. The monoisotopic (exact) mass is 317 g/mol. The van der Waals surface area contributed by atoms with Gasteiger partial charge < -0.3 is 9.64 Å². The minimum absolute atomic E-state index is 0.113. The van der Waals surface area contributed by atoms with Gasteiger partial charge in [-0.05, 0) is 30.2 Å². The van der Waals surface area contributed by atoms with Gasteiger partial charge in [0, 0.05) is 31.9 Å². The minimum Gasteiger partial charge on any atom is -0.370 e. The van der Waals surface area contributed by atoms with E-state index in [0.717, 1.165) is 11.3 Å². The van der Waals surface area contributed by atoms with Gasteiger partial charge in [-0.15, -0.1) is 0 Å². The van der Waals surface area contributed by atoms with Crippen LogP contribution >= 0.6 is 0 Å². The average Bonchev–Trinajstić information content (AvgIpc) is 2.98. The van der Waals surface area contributed by atoms with E-state index in [1.807, 2.05) is 18.0 Å². The predicted octanol–water partition coefficient (Wildman–Crippen LogP) is 2.09. The molecule has 2 heterocycles. The molecule has 5 nitrogen and oxygen atoms in total. The van der Waals surface area contributed by atoms with Gasteiger partial charge >= 0.3 is 0 Å². The van der Waals surface area contributed by atoms with Crippen LogP contribution in [-0.2, 0) is 23.0 Å². The molecule has 0 saturated carbocycles. The van der Waals surface area contributed by atoms with E-state index in [0.29, 0.717) is 32.5 Å². The maximum Gasteiger partial charge on any atom is 0.223 e. The molecule has 0 bridgehead atoms. The summed E-state index contributed by atoms with van der Waals surface area (Å²) in [6.07, 6.45) is 2.67. The van der Waals surface area contributed by atoms with Crippen molar-refractivity contribution in [1.82, 2.24) is 14.7 Å². The molecule has 0 spiro atoms. The summed E-state index contributed by atoms with van der Waals surface area (Å²) in [4.78, 5) is 14.2. The summed E-state index contributed by atoms with van der Waals surface area (Å²) < 4.78 is 20.5. The zero-order valence-corrected chi connectivity index (χ0v) is 13.1. The van der Waals surface area contributed by atoms with E-state index >= 15 is 0 Å². The summed E-state index contributed by atoms with van der Waals surface area (Å²) >= 11 is 0. The molecule has 23 heavy (non-hydrogen) atoms. The number of aryl methyl sites for hydroxylation is 2. The molecule has 1 aliphatic heterocycles. The Morgan fingerprint density at radius 2 is 2.13 bits per heavy atom. The molecule has 1 fully saturated rings. The highest BCUT2D eigenvalue weighted by atomic mass is 19.1. The number of carbonyl (C=O) groups excluding carboxylic acids is 1. The molecule has 1 amide bonds. The number of morpholine rings is 1. The maximum atomic E-state index is 13.0. The van der Waals surface area contributed by atoms with E-state index in [4.69, 9.17) is 4.74 Å². The van der Waals surface area contributed by atoms with Crippen LogP contribution in [0.1, 0.15) is 23.8 Å². The molecular weight excluding hydrogens is 297 g/mol. The number of ether oxygens (including phenoxy) is 1. The number of carbonyl (C=O) groups is 1. The highest BCUT2D eigenvalue weighted by Crippen LogP contribution is 2.23. The first-order valence-corrected chi connectivity index (χ1v) is 7.75. The second kappa shape index (κ2) is 6.91. The Morgan fingerprint density at radius 1 is 1.35 bits per heavy atom.